The molecule has 0 spiro atoms. The molecule has 0 amide bonds. The fourth-order valence-corrected chi connectivity index (χ4v) is 2.17. The Kier molecular flexibility index (Phi) is 4.16. The molecule has 1 aromatic carbocycles. The van der Waals surface area contributed by atoms with E-state index in [1.807, 2.05) is 0 Å². The van der Waals surface area contributed by atoms with Crippen molar-refractivity contribution < 1.29 is 9.31 Å². The second-order valence-electron chi connectivity index (χ2n) is 5.01. The highest BCUT2D eigenvalue weighted by Gasteiger charge is 2.10. The molecule has 1 aromatic heterocycles. The fraction of sp³-hybridized carbons (Fsp3) is 0.267. The van der Waals surface area contributed by atoms with Gasteiger partial charge in [-0.05, 0) is 43.0 Å². The third-order valence-corrected chi connectivity index (χ3v) is 3.23. The van der Waals surface area contributed by atoms with Gasteiger partial charge >= 0.3 is 0 Å². The molecule has 0 atom stereocenters. The zero-order chi connectivity index (χ0) is 15.6. The Morgan fingerprint density at radius 1 is 1.19 bits per heavy atom. The third-order valence-electron chi connectivity index (χ3n) is 3.23. The molecule has 2 rings (SSSR count). The second-order valence-corrected chi connectivity index (χ2v) is 5.01. The third kappa shape index (κ3) is 3.34. The van der Waals surface area contributed by atoms with Crippen LogP contribution in [0.5, 0.6) is 0 Å². The minimum Gasteiger partial charge on any atom is -0.366 e. The van der Waals surface area contributed by atoms with Gasteiger partial charge in [0.15, 0.2) is 0 Å². The summed E-state index contributed by atoms with van der Waals surface area (Å²) >= 11 is 0. The SMILES string of the molecule is Cc1cc([N+](=O)[O-])cnc1NCc1cc(C)c(F)c(C)c1. The van der Waals surface area contributed by atoms with Gasteiger partial charge in [0.05, 0.1) is 4.92 Å². The van der Waals surface area contributed by atoms with E-state index in [0.717, 1.165) is 5.56 Å². The Hall–Kier alpha value is -2.50. The molecule has 110 valence electrons. The lowest BCUT2D eigenvalue weighted by atomic mass is 10.1. The normalized spacial score (nSPS) is 10.5. The van der Waals surface area contributed by atoms with Crippen LogP contribution in [0, 0.1) is 36.7 Å². The molecule has 0 aliphatic rings. The van der Waals surface area contributed by atoms with Crippen LogP contribution in [-0.2, 0) is 6.54 Å². The van der Waals surface area contributed by atoms with E-state index in [-0.39, 0.29) is 11.5 Å². The molecule has 1 N–H and O–H groups in total. The van der Waals surface area contributed by atoms with Gasteiger partial charge in [-0.25, -0.2) is 9.37 Å². The van der Waals surface area contributed by atoms with E-state index in [1.54, 1.807) is 32.9 Å². The van der Waals surface area contributed by atoms with Crippen molar-refractivity contribution in [3.8, 4) is 0 Å². The van der Waals surface area contributed by atoms with E-state index in [4.69, 9.17) is 0 Å². The van der Waals surface area contributed by atoms with Crippen LogP contribution in [0.4, 0.5) is 15.9 Å². The first-order valence-corrected chi connectivity index (χ1v) is 6.49. The Labute approximate surface area is 122 Å². The number of hydrogen-bond donors (Lipinski definition) is 1. The van der Waals surface area contributed by atoms with Gasteiger partial charge in [-0.3, -0.25) is 10.1 Å². The van der Waals surface area contributed by atoms with Gasteiger partial charge in [0, 0.05) is 12.6 Å². The van der Waals surface area contributed by atoms with Gasteiger partial charge in [0.25, 0.3) is 5.69 Å². The average Bonchev–Trinajstić information content (AvgIpc) is 2.43. The van der Waals surface area contributed by atoms with Gasteiger partial charge in [-0.15, -0.1) is 0 Å². The molecule has 0 aliphatic carbocycles. The smallest absolute Gasteiger partial charge is 0.287 e. The van der Waals surface area contributed by atoms with Crippen molar-refractivity contribution in [1.82, 2.24) is 4.98 Å². The van der Waals surface area contributed by atoms with Crippen molar-refractivity contribution in [1.29, 1.82) is 0 Å². The summed E-state index contributed by atoms with van der Waals surface area (Å²) in [5.74, 6) is 0.392. The van der Waals surface area contributed by atoms with Crippen LogP contribution in [0.1, 0.15) is 22.3 Å². The molecule has 21 heavy (non-hydrogen) atoms. The highest BCUT2D eigenvalue weighted by atomic mass is 19.1. The van der Waals surface area contributed by atoms with Crippen molar-refractivity contribution in [2.75, 3.05) is 5.32 Å². The van der Waals surface area contributed by atoms with Crippen molar-refractivity contribution in [2.24, 2.45) is 0 Å². The molecular weight excluding hydrogens is 273 g/mol. The van der Waals surface area contributed by atoms with Gasteiger partial charge in [0.1, 0.15) is 17.8 Å². The van der Waals surface area contributed by atoms with E-state index >= 15 is 0 Å². The summed E-state index contributed by atoms with van der Waals surface area (Å²) < 4.78 is 13.6. The van der Waals surface area contributed by atoms with Crippen LogP contribution < -0.4 is 5.32 Å². The van der Waals surface area contributed by atoms with Gasteiger partial charge in [-0.1, -0.05) is 12.1 Å². The molecule has 0 fully saturated rings. The number of pyridine rings is 1. The first-order chi connectivity index (χ1) is 9.88. The van der Waals surface area contributed by atoms with Crippen LogP contribution in [0.25, 0.3) is 0 Å². The maximum Gasteiger partial charge on any atom is 0.287 e. The number of nitrogens with zero attached hydrogens (tertiary/aromatic N) is 2. The van der Waals surface area contributed by atoms with E-state index in [1.165, 1.54) is 12.3 Å². The Bertz CT molecular complexity index is 678. The molecule has 0 bridgehead atoms. The highest BCUT2D eigenvalue weighted by Crippen LogP contribution is 2.20. The molecule has 0 unspecified atom stereocenters. The lowest BCUT2D eigenvalue weighted by Crippen LogP contribution is -2.05. The Morgan fingerprint density at radius 3 is 2.33 bits per heavy atom. The molecule has 0 aliphatic heterocycles. The number of aryl methyl sites for hydroxylation is 3. The van der Waals surface area contributed by atoms with Gasteiger partial charge < -0.3 is 5.32 Å². The topological polar surface area (TPSA) is 68.1 Å². The van der Waals surface area contributed by atoms with Crippen LogP contribution >= 0.6 is 0 Å². The molecule has 6 heteroatoms. The summed E-state index contributed by atoms with van der Waals surface area (Å²) in [6.07, 6.45) is 1.22. The van der Waals surface area contributed by atoms with Gasteiger partial charge in [-0.2, -0.15) is 0 Å². The van der Waals surface area contributed by atoms with E-state index < -0.39 is 4.92 Å². The first kappa shape index (κ1) is 14.9. The maximum atomic E-state index is 13.6. The summed E-state index contributed by atoms with van der Waals surface area (Å²) in [6.45, 7) is 5.68. The highest BCUT2D eigenvalue weighted by molar-refractivity contribution is 5.48. The van der Waals surface area contributed by atoms with Crippen LogP contribution in [0.2, 0.25) is 0 Å². The molecule has 1 heterocycles. The predicted molar refractivity (Wildman–Crippen MR) is 78.8 cm³/mol. The number of anilines is 1. The number of aromatic nitrogens is 1. The lowest BCUT2D eigenvalue weighted by molar-refractivity contribution is -0.385. The summed E-state index contributed by atoms with van der Waals surface area (Å²) in [7, 11) is 0. The Morgan fingerprint density at radius 2 is 1.81 bits per heavy atom. The molecule has 0 saturated heterocycles. The van der Waals surface area contributed by atoms with Crippen molar-refractivity contribution in [3.05, 3.63) is 62.6 Å². The molecular formula is C15H16FN3O2. The van der Waals surface area contributed by atoms with Crippen molar-refractivity contribution in [2.45, 2.75) is 27.3 Å². The number of benzene rings is 1. The predicted octanol–water partition coefficient (Wildman–Crippen LogP) is 3.67. The first-order valence-electron chi connectivity index (χ1n) is 6.49. The summed E-state index contributed by atoms with van der Waals surface area (Å²) in [5, 5.41) is 13.8. The van der Waals surface area contributed by atoms with E-state index in [0.29, 0.717) is 29.1 Å². The Balaban J connectivity index is 2.15. The number of nitro groups is 1. The van der Waals surface area contributed by atoms with E-state index in [9.17, 15) is 14.5 Å². The van der Waals surface area contributed by atoms with Crippen LogP contribution in [0.15, 0.2) is 24.4 Å². The minimum atomic E-state index is -0.476. The number of halogens is 1. The van der Waals surface area contributed by atoms with Crippen molar-refractivity contribution >= 4 is 11.5 Å². The minimum absolute atomic E-state index is 0.0356. The van der Waals surface area contributed by atoms with Crippen molar-refractivity contribution in [3.63, 3.8) is 0 Å². The second kappa shape index (κ2) is 5.87. The molecule has 2 aromatic rings. The molecule has 0 radical (unpaired) electrons. The van der Waals surface area contributed by atoms with Crippen LogP contribution in [-0.4, -0.2) is 9.91 Å². The van der Waals surface area contributed by atoms with E-state index in [2.05, 4.69) is 10.3 Å². The van der Waals surface area contributed by atoms with Gasteiger partial charge in [0.2, 0.25) is 0 Å². The quantitative estimate of drug-likeness (QED) is 0.689. The number of nitrogens with one attached hydrogen (secondary N) is 1. The fourth-order valence-electron chi connectivity index (χ4n) is 2.17. The number of hydrogen-bond acceptors (Lipinski definition) is 4. The molecule has 5 nitrogen and oxygen atoms in total. The number of rotatable bonds is 4. The zero-order valence-electron chi connectivity index (χ0n) is 12.1. The zero-order valence-corrected chi connectivity index (χ0v) is 12.1. The monoisotopic (exact) mass is 289 g/mol. The summed E-state index contributed by atoms with van der Waals surface area (Å²) in [6, 6.07) is 5.02. The largest absolute Gasteiger partial charge is 0.366 e. The standard InChI is InChI=1S/C15H16FN3O2/c1-9-4-12(5-10(2)14(9)16)7-17-15-11(3)6-13(8-18-15)19(20)21/h4-6,8H,7H2,1-3H3,(H,17,18). The lowest BCUT2D eigenvalue weighted by Gasteiger charge is -2.10. The maximum absolute atomic E-state index is 13.6. The summed E-state index contributed by atoms with van der Waals surface area (Å²) in [5.41, 5.74) is 2.79. The summed E-state index contributed by atoms with van der Waals surface area (Å²) in [4.78, 5) is 14.2. The average molecular weight is 289 g/mol. The van der Waals surface area contributed by atoms with Crippen LogP contribution in [0.3, 0.4) is 0 Å². The molecule has 0 saturated carbocycles.